The second-order valence-electron chi connectivity index (χ2n) is 10.0. The number of aromatic nitrogens is 1. The monoisotopic (exact) mass is 506 g/mol. The molecule has 2 atom stereocenters. The lowest BCUT2D eigenvalue weighted by atomic mass is 9.81. The molecule has 1 unspecified atom stereocenters. The van der Waals surface area contributed by atoms with Crippen molar-refractivity contribution in [3.05, 3.63) is 78.3 Å². The molecule has 3 heterocycles. The minimum Gasteiger partial charge on any atom is -0.491 e. The van der Waals surface area contributed by atoms with Crippen LogP contribution in [0.4, 0.5) is 14.9 Å². The van der Waals surface area contributed by atoms with E-state index in [1.165, 1.54) is 34.4 Å². The van der Waals surface area contributed by atoms with Gasteiger partial charge >= 0.3 is 6.03 Å². The number of benzene rings is 2. The Bertz CT molecular complexity index is 1280. The van der Waals surface area contributed by atoms with E-state index in [2.05, 4.69) is 22.9 Å². The third-order valence-electron chi connectivity index (χ3n) is 7.06. The molecule has 0 aliphatic carbocycles. The summed E-state index contributed by atoms with van der Waals surface area (Å²) in [6, 6.07) is 13.4. The smallest absolute Gasteiger partial charge is 0.332 e. The van der Waals surface area contributed by atoms with Crippen molar-refractivity contribution in [2.24, 2.45) is 0 Å². The molecule has 2 fully saturated rings. The van der Waals surface area contributed by atoms with Gasteiger partial charge < -0.3 is 9.15 Å². The Morgan fingerprint density at radius 1 is 1.16 bits per heavy atom. The highest BCUT2D eigenvalue weighted by Gasteiger charge is 2.60. The summed E-state index contributed by atoms with van der Waals surface area (Å²) in [6.45, 7) is 7.26. The molecule has 1 spiro atoms. The predicted octanol–water partition coefficient (Wildman–Crippen LogP) is 4.99. The van der Waals surface area contributed by atoms with E-state index < -0.39 is 17.4 Å². The largest absolute Gasteiger partial charge is 0.491 e. The first-order valence-electron chi connectivity index (χ1n) is 12.6. The number of nitrogens with zero attached hydrogens (tertiary/aromatic N) is 4. The molecule has 0 saturated carbocycles. The maximum absolute atomic E-state index is 14.2. The van der Waals surface area contributed by atoms with Crippen molar-refractivity contribution in [3.63, 3.8) is 0 Å². The third-order valence-corrected chi connectivity index (χ3v) is 7.06. The minimum absolute atomic E-state index is 0.0158. The number of rotatable bonds is 7. The molecule has 8 nitrogen and oxygen atoms in total. The third kappa shape index (κ3) is 4.83. The lowest BCUT2D eigenvalue weighted by molar-refractivity contribution is -0.133. The van der Waals surface area contributed by atoms with Gasteiger partial charge in [0.05, 0.1) is 12.3 Å². The first-order chi connectivity index (χ1) is 17.8. The summed E-state index contributed by atoms with van der Waals surface area (Å²) in [5.41, 5.74) is 0.366. The molecule has 0 N–H and O–H groups in total. The summed E-state index contributed by atoms with van der Waals surface area (Å²) in [4.78, 5) is 36.6. The van der Waals surface area contributed by atoms with E-state index in [1.54, 1.807) is 12.1 Å². The van der Waals surface area contributed by atoms with Crippen LogP contribution < -0.4 is 9.64 Å². The maximum Gasteiger partial charge on any atom is 0.332 e. The van der Waals surface area contributed by atoms with Crippen molar-refractivity contribution in [1.29, 1.82) is 0 Å². The summed E-state index contributed by atoms with van der Waals surface area (Å²) < 4.78 is 25.4. The molecule has 2 aromatic carbocycles. The highest BCUT2D eigenvalue weighted by atomic mass is 19.1. The van der Waals surface area contributed by atoms with Crippen molar-refractivity contribution >= 4 is 17.6 Å². The SMILES string of the molecule is CC(C)Oc1cccc(CN2CCC3(C[C@@H]2C)C(=O)N(Cc2ncco2)C(=O)N3c2cccc(F)c2)c1. The Labute approximate surface area is 215 Å². The first-order valence-corrected chi connectivity index (χ1v) is 12.6. The number of piperidine rings is 1. The van der Waals surface area contributed by atoms with Gasteiger partial charge in [0, 0.05) is 24.8 Å². The Morgan fingerprint density at radius 2 is 1.97 bits per heavy atom. The van der Waals surface area contributed by atoms with Gasteiger partial charge in [0.2, 0.25) is 5.89 Å². The van der Waals surface area contributed by atoms with Crippen LogP contribution in [0, 0.1) is 5.82 Å². The van der Waals surface area contributed by atoms with Crippen molar-refractivity contribution in [2.45, 2.75) is 64.4 Å². The minimum atomic E-state index is -1.12. The van der Waals surface area contributed by atoms with E-state index in [0.29, 0.717) is 31.6 Å². The molecule has 0 bridgehead atoms. The van der Waals surface area contributed by atoms with Gasteiger partial charge in [0.25, 0.3) is 5.91 Å². The van der Waals surface area contributed by atoms with Gasteiger partial charge in [0.15, 0.2) is 0 Å². The van der Waals surface area contributed by atoms with Crippen LogP contribution in [0.15, 0.2) is 65.4 Å². The molecule has 2 saturated heterocycles. The Balaban J connectivity index is 1.42. The van der Waals surface area contributed by atoms with Crippen LogP contribution in [0.5, 0.6) is 5.75 Å². The van der Waals surface area contributed by atoms with Crippen molar-refractivity contribution in [2.75, 3.05) is 11.4 Å². The molecule has 2 aliphatic rings. The maximum atomic E-state index is 14.2. The number of likely N-dealkylation sites (tertiary alicyclic amines) is 1. The average Bonchev–Trinajstić information content (AvgIpc) is 3.43. The molecular weight excluding hydrogens is 475 g/mol. The number of hydrogen-bond donors (Lipinski definition) is 0. The number of imide groups is 1. The molecule has 1 aromatic heterocycles. The number of hydrogen-bond acceptors (Lipinski definition) is 6. The van der Waals surface area contributed by atoms with E-state index in [-0.39, 0.29) is 30.5 Å². The number of anilines is 1. The molecule has 3 aromatic rings. The lowest BCUT2D eigenvalue weighted by Crippen LogP contribution is -2.59. The summed E-state index contributed by atoms with van der Waals surface area (Å²) >= 11 is 0. The number of urea groups is 1. The van der Waals surface area contributed by atoms with Gasteiger partial charge in [0.1, 0.15) is 29.9 Å². The van der Waals surface area contributed by atoms with E-state index in [9.17, 15) is 14.0 Å². The first kappa shape index (κ1) is 25.0. The van der Waals surface area contributed by atoms with E-state index >= 15 is 0 Å². The van der Waals surface area contributed by atoms with Gasteiger partial charge in [-0.15, -0.1) is 0 Å². The Hall–Kier alpha value is -3.72. The van der Waals surface area contributed by atoms with Crippen molar-refractivity contribution in [1.82, 2.24) is 14.8 Å². The molecule has 5 rings (SSSR count). The van der Waals surface area contributed by atoms with Crippen LogP contribution in [-0.4, -0.2) is 51.0 Å². The summed E-state index contributed by atoms with van der Waals surface area (Å²) in [6.07, 6.45) is 3.80. The highest BCUT2D eigenvalue weighted by molar-refractivity contribution is 6.16. The van der Waals surface area contributed by atoms with E-state index in [4.69, 9.17) is 9.15 Å². The molecule has 2 aliphatic heterocycles. The van der Waals surface area contributed by atoms with Gasteiger partial charge in [-0.05, 0) is 69.5 Å². The predicted molar refractivity (Wildman–Crippen MR) is 135 cm³/mol. The fraction of sp³-hybridized carbons (Fsp3) is 0.393. The number of ether oxygens (including phenoxy) is 1. The van der Waals surface area contributed by atoms with Crippen LogP contribution >= 0.6 is 0 Å². The fourth-order valence-electron chi connectivity index (χ4n) is 5.44. The van der Waals surface area contributed by atoms with Crippen LogP contribution in [0.2, 0.25) is 0 Å². The molecule has 37 heavy (non-hydrogen) atoms. The van der Waals surface area contributed by atoms with Crippen LogP contribution in [-0.2, 0) is 17.9 Å². The number of oxazole rings is 1. The second kappa shape index (κ2) is 9.97. The molecule has 9 heteroatoms. The van der Waals surface area contributed by atoms with Crippen molar-refractivity contribution in [3.8, 4) is 5.75 Å². The molecule has 3 amide bonds. The van der Waals surface area contributed by atoms with E-state index in [0.717, 1.165) is 11.3 Å². The molecule has 0 radical (unpaired) electrons. The highest BCUT2D eigenvalue weighted by Crippen LogP contribution is 2.43. The molecule has 194 valence electrons. The lowest BCUT2D eigenvalue weighted by Gasteiger charge is -2.45. The zero-order valence-corrected chi connectivity index (χ0v) is 21.3. The summed E-state index contributed by atoms with van der Waals surface area (Å²) in [5.74, 6) is 0.323. The van der Waals surface area contributed by atoms with Gasteiger partial charge in [-0.3, -0.25) is 19.5 Å². The Kier molecular flexibility index (Phi) is 6.72. The van der Waals surface area contributed by atoms with Crippen LogP contribution in [0.25, 0.3) is 0 Å². The number of amides is 3. The standard InChI is InChI=1S/C28H31FN4O4/c1-19(2)37-24-9-4-6-21(14-24)17-31-12-10-28(16-20(31)3)26(34)32(18-25-30-11-13-36-25)27(35)33(28)23-8-5-7-22(29)15-23/h4-9,11,13-15,19-20H,10,12,16-18H2,1-3H3/t20-,28?/m0/s1. The topological polar surface area (TPSA) is 79.1 Å². The van der Waals surface area contributed by atoms with Crippen molar-refractivity contribution < 1.29 is 23.1 Å². The summed E-state index contributed by atoms with van der Waals surface area (Å²) in [5, 5.41) is 0. The quantitative estimate of drug-likeness (QED) is 0.420. The molecular formula is C28H31FN4O4. The number of carbonyl (C=O) groups is 2. The number of carbonyl (C=O) groups excluding carboxylic acids is 2. The summed E-state index contributed by atoms with van der Waals surface area (Å²) in [7, 11) is 0. The van der Waals surface area contributed by atoms with Gasteiger partial charge in [-0.1, -0.05) is 18.2 Å². The number of halogens is 1. The van der Waals surface area contributed by atoms with Crippen LogP contribution in [0.1, 0.15) is 45.1 Å². The Morgan fingerprint density at radius 3 is 2.68 bits per heavy atom. The van der Waals surface area contributed by atoms with Gasteiger partial charge in [-0.2, -0.15) is 0 Å². The van der Waals surface area contributed by atoms with Crippen LogP contribution in [0.3, 0.4) is 0 Å². The zero-order chi connectivity index (χ0) is 26.2. The van der Waals surface area contributed by atoms with Gasteiger partial charge in [-0.25, -0.2) is 14.2 Å². The second-order valence-corrected chi connectivity index (χ2v) is 10.0. The zero-order valence-electron chi connectivity index (χ0n) is 21.3. The fourth-order valence-corrected chi connectivity index (χ4v) is 5.44. The normalized spacial score (nSPS) is 22.5. The average molecular weight is 507 g/mol. The van der Waals surface area contributed by atoms with E-state index in [1.807, 2.05) is 32.0 Å².